The average molecular weight is 361 g/mol. The molecule has 4 rings (SSSR count). The van der Waals surface area contributed by atoms with Gasteiger partial charge in [-0.1, -0.05) is 18.2 Å². The van der Waals surface area contributed by atoms with Gasteiger partial charge in [-0.15, -0.1) is 0 Å². The lowest BCUT2D eigenvalue weighted by molar-refractivity contribution is 0.0785. The predicted octanol–water partition coefficient (Wildman–Crippen LogP) is 3.49. The molecule has 0 radical (unpaired) electrons. The van der Waals surface area contributed by atoms with Gasteiger partial charge in [0.15, 0.2) is 5.43 Å². The van der Waals surface area contributed by atoms with E-state index in [9.17, 15) is 14.0 Å². The average Bonchev–Trinajstić information content (AvgIpc) is 2.68. The maximum absolute atomic E-state index is 13.0. The number of fused-ring (bicyclic) bond motifs is 3. The summed E-state index contributed by atoms with van der Waals surface area (Å²) < 4.78 is 13.0. The number of carbonyl (C=O) groups excluding carboxylic acids is 1. The van der Waals surface area contributed by atoms with E-state index >= 15 is 0 Å². The van der Waals surface area contributed by atoms with Crippen LogP contribution in [-0.2, 0) is 6.54 Å². The molecule has 0 aliphatic rings. The Bertz CT molecular complexity index is 1220. The van der Waals surface area contributed by atoms with Crippen molar-refractivity contribution in [3.05, 3.63) is 88.1 Å². The monoisotopic (exact) mass is 361 g/mol. The van der Waals surface area contributed by atoms with E-state index in [2.05, 4.69) is 9.97 Å². The summed E-state index contributed by atoms with van der Waals surface area (Å²) in [6, 6.07) is 12.8. The maximum Gasteiger partial charge on any atom is 0.255 e. The Morgan fingerprint density at radius 3 is 2.70 bits per heavy atom. The minimum Gasteiger partial charge on any atom is -0.359 e. The van der Waals surface area contributed by atoms with E-state index < -0.39 is 0 Å². The summed E-state index contributed by atoms with van der Waals surface area (Å²) in [5, 5.41) is 1.33. The van der Waals surface area contributed by atoms with Crippen LogP contribution < -0.4 is 5.43 Å². The first-order chi connectivity index (χ1) is 13.0. The Hall–Kier alpha value is -3.54. The second-order valence-corrected chi connectivity index (χ2v) is 6.41. The summed E-state index contributed by atoms with van der Waals surface area (Å²) in [6.45, 7) is 0.363. The van der Waals surface area contributed by atoms with Crippen molar-refractivity contribution < 1.29 is 9.18 Å². The van der Waals surface area contributed by atoms with Crippen LogP contribution in [0.4, 0.5) is 4.39 Å². The molecule has 0 unspecified atom stereocenters. The van der Waals surface area contributed by atoms with E-state index in [-0.39, 0.29) is 17.2 Å². The van der Waals surface area contributed by atoms with Crippen molar-refractivity contribution in [2.45, 2.75) is 6.54 Å². The quantitative estimate of drug-likeness (QED) is 0.568. The molecule has 0 aliphatic heterocycles. The number of hydrogen-bond acceptors (Lipinski definition) is 3. The van der Waals surface area contributed by atoms with Crippen LogP contribution in [0.3, 0.4) is 0 Å². The van der Waals surface area contributed by atoms with Crippen molar-refractivity contribution in [2.75, 3.05) is 7.05 Å². The van der Waals surface area contributed by atoms with Gasteiger partial charge < -0.3 is 9.88 Å². The highest BCUT2D eigenvalue weighted by molar-refractivity contribution is 6.05. The summed E-state index contributed by atoms with van der Waals surface area (Å²) in [5.41, 5.74) is 2.50. The number of carbonyl (C=O) groups is 1. The lowest BCUT2D eigenvalue weighted by Crippen LogP contribution is -2.26. The number of aromatic nitrogens is 2. The van der Waals surface area contributed by atoms with E-state index in [0.29, 0.717) is 28.5 Å². The van der Waals surface area contributed by atoms with E-state index in [1.165, 1.54) is 24.4 Å². The molecule has 0 fully saturated rings. The van der Waals surface area contributed by atoms with E-state index in [4.69, 9.17) is 0 Å². The number of pyridine rings is 2. The molecule has 0 aliphatic carbocycles. The Balaban J connectivity index is 1.66. The first-order valence-corrected chi connectivity index (χ1v) is 8.43. The molecular formula is C21H16FN3O2. The summed E-state index contributed by atoms with van der Waals surface area (Å²) in [7, 11) is 1.69. The number of hydrogen-bond donors (Lipinski definition) is 1. The van der Waals surface area contributed by atoms with Crippen LogP contribution in [0.1, 0.15) is 15.9 Å². The van der Waals surface area contributed by atoms with E-state index in [1.807, 2.05) is 0 Å². The number of aromatic amines is 1. The van der Waals surface area contributed by atoms with Crippen LogP contribution in [0.15, 0.2) is 65.7 Å². The van der Waals surface area contributed by atoms with Gasteiger partial charge >= 0.3 is 0 Å². The number of nitrogens with one attached hydrogen (secondary N) is 1. The second-order valence-electron chi connectivity index (χ2n) is 6.41. The zero-order chi connectivity index (χ0) is 19.0. The molecule has 2 aromatic carbocycles. The van der Waals surface area contributed by atoms with Crippen LogP contribution in [0.2, 0.25) is 0 Å². The topological polar surface area (TPSA) is 66.1 Å². The highest BCUT2D eigenvalue weighted by Gasteiger charge is 2.14. The van der Waals surface area contributed by atoms with Crippen molar-refractivity contribution in [3.8, 4) is 0 Å². The van der Waals surface area contributed by atoms with Crippen molar-refractivity contribution in [2.24, 2.45) is 0 Å². The third-order valence-electron chi connectivity index (χ3n) is 4.51. The summed E-state index contributed by atoms with van der Waals surface area (Å²) in [4.78, 5) is 33.7. The zero-order valence-corrected chi connectivity index (χ0v) is 14.6. The molecule has 0 spiro atoms. The molecule has 0 saturated heterocycles. The highest BCUT2D eigenvalue weighted by atomic mass is 19.1. The van der Waals surface area contributed by atoms with Gasteiger partial charge in [0.25, 0.3) is 5.91 Å². The number of amides is 1. The summed E-state index contributed by atoms with van der Waals surface area (Å²) in [6.07, 6.45) is 3.10. The third kappa shape index (κ3) is 3.17. The predicted molar refractivity (Wildman–Crippen MR) is 102 cm³/mol. The largest absolute Gasteiger partial charge is 0.359 e. The molecule has 0 atom stereocenters. The molecule has 4 aromatic rings. The fourth-order valence-corrected chi connectivity index (χ4v) is 3.12. The summed E-state index contributed by atoms with van der Waals surface area (Å²) in [5.74, 6) is -0.493. The van der Waals surface area contributed by atoms with Crippen molar-refractivity contribution in [1.82, 2.24) is 14.9 Å². The van der Waals surface area contributed by atoms with E-state index in [0.717, 1.165) is 10.9 Å². The molecule has 1 amide bonds. The van der Waals surface area contributed by atoms with Gasteiger partial charge in [0.05, 0.1) is 16.6 Å². The zero-order valence-electron chi connectivity index (χ0n) is 14.6. The molecule has 27 heavy (non-hydrogen) atoms. The van der Waals surface area contributed by atoms with Gasteiger partial charge in [0.1, 0.15) is 5.82 Å². The Labute approximate surface area is 154 Å². The number of benzene rings is 2. The first-order valence-electron chi connectivity index (χ1n) is 8.43. The molecule has 2 aromatic heterocycles. The number of rotatable bonds is 3. The van der Waals surface area contributed by atoms with Gasteiger partial charge in [-0.2, -0.15) is 0 Å². The molecule has 0 bridgehead atoms. The minimum atomic E-state index is -0.309. The van der Waals surface area contributed by atoms with Crippen LogP contribution in [0.5, 0.6) is 0 Å². The van der Waals surface area contributed by atoms with Crippen molar-refractivity contribution in [1.29, 1.82) is 0 Å². The number of halogens is 1. The standard InChI is InChI=1S/C21H16FN3O2/c1-25(12-13-2-5-16(22)6-3-13)21(27)15-10-14-4-7-17-18(26)8-9-23-20(17)19(14)24-11-15/h2-11H,12H2,1H3,(H,23,26). The lowest BCUT2D eigenvalue weighted by atomic mass is 10.1. The van der Waals surface area contributed by atoms with Crippen molar-refractivity contribution in [3.63, 3.8) is 0 Å². The molecular weight excluding hydrogens is 345 g/mol. The van der Waals surface area contributed by atoms with Gasteiger partial charge in [-0.05, 0) is 29.8 Å². The molecule has 1 N–H and O–H groups in total. The minimum absolute atomic E-state index is 0.0772. The maximum atomic E-state index is 13.0. The van der Waals surface area contributed by atoms with Gasteiger partial charge in [0, 0.05) is 42.8 Å². The fourth-order valence-electron chi connectivity index (χ4n) is 3.12. The molecule has 5 nitrogen and oxygen atoms in total. The van der Waals surface area contributed by atoms with Crippen LogP contribution in [0, 0.1) is 5.82 Å². The van der Waals surface area contributed by atoms with E-state index in [1.54, 1.807) is 48.5 Å². The smallest absolute Gasteiger partial charge is 0.255 e. The Kier molecular flexibility index (Phi) is 4.16. The normalized spacial score (nSPS) is 11.0. The molecule has 0 saturated carbocycles. The van der Waals surface area contributed by atoms with Crippen LogP contribution >= 0.6 is 0 Å². The third-order valence-corrected chi connectivity index (χ3v) is 4.51. The van der Waals surface area contributed by atoms with Gasteiger partial charge in [-0.25, -0.2) is 4.39 Å². The SMILES string of the molecule is CN(Cc1ccc(F)cc1)C(=O)c1cnc2c(ccc3c(=O)cc[nH]c32)c1. The Morgan fingerprint density at radius 2 is 1.93 bits per heavy atom. The van der Waals surface area contributed by atoms with Crippen LogP contribution in [-0.4, -0.2) is 27.8 Å². The first kappa shape index (κ1) is 16.9. The second kappa shape index (κ2) is 6.64. The molecule has 134 valence electrons. The summed E-state index contributed by atoms with van der Waals surface area (Å²) >= 11 is 0. The fraction of sp³-hybridized carbons (Fsp3) is 0.0952. The van der Waals surface area contributed by atoms with Gasteiger partial charge in [0.2, 0.25) is 0 Å². The van der Waals surface area contributed by atoms with Crippen LogP contribution in [0.25, 0.3) is 21.8 Å². The molecule has 6 heteroatoms. The van der Waals surface area contributed by atoms with Gasteiger partial charge in [-0.3, -0.25) is 14.6 Å². The molecule has 2 heterocycles. The van der Waals surface area contributed by atoms with Crippen molar-refractivity contribution >= 4 is 27.7 Å². The lowest BCUT2D eigenvalue weighted by Gasteiger charge is -2.17. The highest BCUT2D eigenvalue weighted by Crippen LogP contribution is 2.21. The number of nitrogens with zero attached hydrogens (tertiary/aromatic N) is 2. The number of H-pyrrole nitrogens is 1. The Morgan fingerprint density at radius 1 is 1.15 bits per heavy atom.